The van der Waals surface area contributed by atoms with Gasteiger partial charge in [-0.05, 0) is 30.5 Å². The molecule has 2 aromatic rings. The van der Waals surface area contributed by atoms with Crippen molar-refractivity contribution in [3.63, 3.8) is 0 Å². The fourth-order valence-electron chi connectivity index (χ4n) is 1.84. The lowest BCUT2D eigenvalue weighted by Crippen LogP contribution is -1.96. The van der Waals surface area contributed by atoms with Crippen molar-refractivity contribution in [3.05, 3.63) is 70.2 Å². The molecule has 0 aromatic heterocycles. The van der Waals surface area contributed by atoms with Crippen molar-refractivity contribution < 1.29 is 0 Å². The second-order valence-electron chi connectivity index (χ2n) is 4.18. The standard InChI is InChI=1S/C15H14Cl2/c1-11-5-4-7-12(9-11)15(17)10-13-6-2-3-8-14(13)16/h2-9,15H,10H2,1H3. The van der Waals surface area contributed by atoms with Gasteiger partial charge in [-0.1, -0.05) is 59.6 Å². The van der Waals surface area contributed by atoms with Gasteiger partial charge in [0.05, 0.1) is 5.38 Å². The molecule has 0 aliphatic rings. The van der Waals surface area contributed by atoms with Crippen LogP contribution in [0, 0.1) is 6.92 Å². The van der Waals surface area contributed by atoms with Crippen molar-refractivity contribution in [1.29, 1.82) is 0 Å². The Labute approximate surface area is 112 Å². The molecule has 0 heterocycles. The van der Waals surface area contributed by atoms with Crippen LogP contribution in [0.5, 0.6) is 0 Å². The fourth-order valence-corrected chi connectivity index (χ4v) is 2.35. The molecule has 2 heteroatoms. The summed E-state index contributed by atoms with van der Waals surface area (Å²) in [7, 11) is 0. The minimum atomic E-state index is -0.0326. The Morgan fingerprint density at radius 2 is 1.82 bits per heavy atom. The number of aryl methyl sites for hydroxylation is 1. The van der Waals surface area contributed by atoms with Crippen molar-refractivity contribution in [2.45, 2.75) is 18.7 Å². The molecule has 88 valence electrons. The maximum atomic E-state index is 6.43. The number of alkyl halides is 1. The quantitative estimate of drug-likeness (QED) is 0.671. The van der Waals surface area contributed by atoms with E-state index >= 15 is 0 Å². The molecule has 0 saturated heterocycles. The van der Waals surface area contributed by atoms with Crippen molar-refractivity contribution in [3.8, 4) is 0 Å². The van der Waals surface area contributed by atoms with Gasteiger partial charge in [0, 0.05) is 5.02 Å². The highest BCUT2D eigenvalue weighted by Gasteiger charge is 2.10. The number of hydrogen-bond acceptors (Lipinski definition) is 0. The first-order chi connectivity index (χ1) is 8.16. The Morgan fingerprint density at radius 3 is 2.53 bits per heavy atom. The third-order valence-electron chi connectivity index (χ3n) is 2.76. The number of hydrogen-bond donors (Lipinski definition) is 0. The molecule has 0 saturated carbocycles. The topological polar surface area (TPSA) is 0 Å². The van der Waals surface area contributed by atoms with Gasteiger partial charge in [0.1, 0.15) is 0 Å². The van der Waals surface area contributed by atoms with Gasteiger partial charge in [0.25, 0.3) is 0 Å². The maximum absolute atomic E-state index is 6.43. The molecule has 1 unspecified atom stereocenters. The van der Waals surface area contributed by atoms with E-state index in [1.807, 2.05) is 30.3 Å². The lowest BCUT2D eigenvalue weighted by atomic mass is 10.0. The molecular formula is C15H14Cl2. The summed E-state index contributed by atoms with van der Waals surface area (Å²) in [6.45, 7) is 2.07. The molecule has 0 aliphatic heterocycles. The predicted molar refractivity (Wildman–Crippen MR) is 74.9 cm³/mol. The summed E-state index contributed by atoms with van der Waals surface area (Å²) in [5.74, 6) is 0. The molecule has 17 heavy (non-hydrogen) atoms. The Balaban J connectivity index is 2.17. The molecular weight excluding hydrogens is 251 g/mol. The first-order valence-electron chi connectivity index (χ1n) is 5.61. The lowest BCUT2D eigenvalue weighted by Gasteiger charge is -2.11. The smallest absolute Gasteiger partial charge is 0.0626 e. The normalized spacial score (nSPS) is 12.4. The van der Waals surface area contributed by atoms with Crippen LogP contribution in [0.2, 0.25) is 5.02 Å². The molecule has 2 aromatic carbocycles. The van der Waals surface area contributed by atoms with E-state index in [-0.39, 0.29) is 5.38 Å². The predicted octanol–water partition coefficient (Wildman–Crippen LogP) is 5.17. The Hall–Kier alpha value is -0.980. The number of rotatable bonds is 3. The summed E-state index contributed by atoms with van der Waals surface area (Å²) in [6.07, 6.45) is 0.755. The van der Waals surface area contributed by atoms with E-state index in [2.05, 4.69) is 25.1 Å². The van der Waals surface area contributed by atoms with Crippen LogP contribution in [0.3, 0.4) is 0 Å². The summed E-state index contributed by atoms with van der Waals surface area (Å²) >= 11 is 12.6. The van der Waals surface area contributed by atoms with E-state index in [9.17, 15) is 0 Å². The molecule has 2 rings (SSSR count). The molecule has 0 amide bonds. The van der Waals surface area contributed by atoms with Gasteiger partial charge in [0.15, 0.2) is 0 Å². The second-order valence-corrected chi connectivity index (χ2v) is 5.11. The molecule has 0 spiro atoms. The SMILES string of the molecule is Cc1cccc(C(Cl)Cc2ccccc2Cl)c1. The monoisotopic (exact) mass is 264 g/mol. The van der Waals surface area contributed by atoms with Crippen molar-refractivity contribution in [1.82, 2.24) is 0 Å². The first kappa shape index (κ1) is 12.5. The molecule has 0 N–H and O–H groups in total. The van der Waals surface area contributed by atoms with Crippen molar-refractivity contribution >= 4 is 23.2 Å². The van der Waals surface area contributed by atoms with Gasteiger partial charge >= 0.3 is 0 Å². The molecule has 0 aliphatic carbocycles. The minimum Gasteiger partial charge on any atom is -0.117 e. The molecule has 0 fully saturated rings. The van der Waals surface area contributed by atoms with Gasteiger partial charge < -0.3 is 0 Å². The second kappa shape index (κ2) is 5.57. The van der Waals surface area contributed by atoms with Gasteiger partial charge in [-0.25, -0.2) is 0 Å². The van der Waals surface area contributed by atoms with Crippen molar-refractivity contribution in [2.24, 2.45) is 0 Å². The van der Waals surface area contributed by atoms with Crippen LogP contribution < -0.4 is 0 Å². The summed E-state index contributed by atoms with van der Waals surface area (Å²) in [6, 6.07) is 16.1. The maximum Gasteiger partial charge on any atom is 0.0626 e. The summed E-state index contributed by atoms with van der Waals surface area (Å²) in [5.41, 5.74) is 3.47. The van der Waals surface area contributed by atoms with E-state index in [1.54, 1.807) is 0 Å². The van der Waals surface area contributed by atoms with Gasteiger partial charge in [-0.2, -0.15) is 0 Å². The first-order valence-corrected chi connectivity index (χ1v) is 6.42. The summed E-state index contributed by atoms with van der Waals surface area (Å²) in [4.78, 5) is 0. The average Bonchev–Trinajstić information content (AvgIpc) is 2.32. The van der Waals surface area contributed by atoms with Crippen LogP contribution in [-0.4, -0.2) is 0 Å². The van der Waals surface area contributed by atoms with Crippen LogP contribution in [0.1, 0.15) is 22.1 Å². The van der Waals surface area contributed by atoms with E-state index in [1.165, 1.54) is 5.56 Å². The summed E-state index contributed by atoms with van der Waals surface area (Å²) in [5, 5.41) is 0.751. The molecule has 1 atom stereocenters. The summed E-state index contributed by atoms with van der Waals surface area (Å²) < 4.78 is 0. The van der Waals surface area contributed by atoms with Gasteiger partial charge in [0.2, 0.25) is 0 Å². The van der Waals surface area contributed by atoms with E-state index < -0.39 is 0 Å². The third kappa shape index (κ3) is 3.24. The van der Waals surface area contributed by atoms with Crippen LogP contribution in [0.15, 0.2) is 48.5 Å². The zero-order valence-electron chi connectivity index (χ0n) is 9.66. The minimum absolute atomic E-state index is 0.0326. The van der Waals surface area contributed by atoms with E-state index in [0.29, 0.717) is 0 Å². The van der Waals surface area contributed by atoms with Gasteiger partial charge in [-0.15, -0.1) is 11.6 Å². The molecule has 0 nitrogen and oxygen atoms in total. The molecule has 0 bridgehead atoms. The van der Waals surface area contributed by atoms with Crippen LogP contribution >= 0.6 is 23.2 Å². The average molecular weight is 265 g/mol. The van der Waals surface area contributed by atoms with Crippen LogP contribution in [0.4, 0.5) is 0 Å². The highest BCUT2D eigenvalue weighted by atomic mass is 35.5. The third-order valence-corrected chi connectivity index (χ3v) is 3.54. The Morgan fingerprint density at radius 1 is 1.06 bits per heavy atom. The van der Waals surface area contributed by atoms with Crippen molar-refractivity contribution in [2.75, 3.05) is 0 Å². The van der Waals surface area contributed by atoms with E-state index in [0.717, 1.165) is 22.6 Å². The Bertz CT molecular complexity index is 506. The van der Waals surface area contributed by atoms with Crippen LogP contribution in [-0.2, 0) is 6.42 Å². The highest BCUT2D eigenvalue weighted by molar-refractivity contribution is 6.31. The fraction of sp³-hybridized carbons (Fsp3) is 0.200. The number of benzene rings is 2. The molecule has 0 radical (unpaired) electrons. The van der Waals surface area contributed by atoms with Crippen LogP contribution in [0.25, 0.3) is 0 Å². The number of halogens is 2. The van der Waals surface area contributed by atoms with E-state index in [4.69, 9.17) is 23.2 Å². The lowest BCUT2D eigenvalue weighted by molar-refractivity contribution is 0.918. The highest BCUT2D eigenvalue weighted by Crippen LogP contribution is 2.28. The van der Waals surface area contributed by atoms with Gasteiger partial charge in [-0.3, -0.25) is 0 Å². The largest absolute Gasteiger partial charge is 0.117 e. The Kier molecular flexibility index (Phi) is 4.09. The zero-order valence-corrected chi connectivity index (χ0v) is 11.2. The zero-order chi connectivity index (χ0) is 12.3.